The number of anilines is 1. The minimum absolute atomic E-state index is 0.0347. The van der Waals surface area contributed by atoms with E-state index < -0.39 is 28.5 Å². The highest BCUT2D eigenvalue weighted by Crippen LogP contribution is 2.33. The number of para-hydroxylation sites is 2. The Labute approximate surface area is 287 Å². The van der Waals surface area contributed by atoms with Crippen LogP contribution in [-0.4, -0.2) is 50.9 Å². The van der Waals surface area contributed by atoms with E-state index in [1.54, 1.807) is 55.5 Å². The summed E-state index contributed by atoms with van der Waals surface area (Å²) in [6.45, 7) is 5.76. The SMILES string of the molecule is CCOc1ccccc1N(CC(=O)N(Cc1ccccc1Cl)C(Cc1ccccc1)C(=O)NCC(C)C)S(=O)(=O)c1ccc(Cl)cc1. The fourth-order valence-electron chi connectivity index (χ4n) is 4.97. The maximum Gasteiger partial charge on any atom is 0.264 e. The number of carbonyl (C=O) groups is 2. The Morgan fingerprint density at radius 3 is 2.15 bits per heavy atom. The normalized spacial score (nSPS) is 12.0. The molecule has 4 aromatic rings. The molecule has 4 aromatic carbocycles. The Hall–Kier alpha value is -4.05. The first-order valence-electron chi connectivity index (χ1n) is 15.4. The van der Waals surface area contributed by atoms with E-state index in [1.165, 1.54) is 29.2 Å². The molecule has 0 spiro atoms. The monoisotopic (exact) mass is 695 g/mol. The molecule has 11 heteroatoms. The van der Waals surface area contributed by atoms with E-state index in [9.17, 15) is 18.0 Å². The average molecular weight is 697 g/mol. The second kappa shape index (κ2) is 16.7. The van der Waals surface area contributed by atoms with Gasteiger partial charge in [-0.2, -0.15) is 0 Å². The van der Waals surface area contributed by atoms with Gasteiger partial charge in [-0.25, -0.2) is 8.42 Å². The predicted molar refractivity (Wildman–Crippen MR) is 187 cm³/mol. The Morgan fingerprint density at radius 2 is 1.49 bits per heavy atom. The van der Waals surface area contributed by atoms with Crippen LogP contribution in [-0.2, 0) is 32.6 Å². The van der Waals surface area contributed by atoms with E-state index in [-0.39, 0.29) is 47.7 Å². The summed E-state index contributed by atoms with van der Waals surface area (Å²) in [4.78, 5) is 29.9. The number of amides is 2. The van der Waals surface area contributed by atoms with Crippen LogP contribution in [0.5, 0.6) is 5.75 Å². The summed E-state index contributed by atoms with van der Waals surface area (Å²) in [5, 5.41) is 3.76. The standard InChI is InChI=1S/C36H39Cl2N3O5S/c1-4-46-34-17-11-10-16-32(34)41(47(44,45)30-20-18-29(37)19-21-30)25-35(42)40(24-28-14-8-9-15-31(28)38)33(36(43)39-23-26(2)3)22-27-12-6-5-7-13-27/h5-21,26,33H,4,22-25H2,1-3H3,(H,39,43). The van der Waals surface area contributed by atoms with Crippen molar-refractivity contribution in [3.63, 3.8) is 0 Å². The summed E-state index contributed by atoms with van der Waals surface area (Å²) >= 11 is 12.6. The minimum Gasteiger partial charge on any atom is -0.492 e. The molecule has 0 fully saturated rings. The Morgan fingerprint density at radius 1 is 0.851 bits per heavy atom. The number of nitrogens with zero attached hydrogens (tertiary/aromatic N) is 2. The molecular weight excluding hydrogens is 657 g/mol. The van der Waals surface area contributed by atoms with Crippen molar-refractivity contribution in [2.75, 3.05) is 24.0 Å². The zero-order chi connectivity index (χ0) is 34.0. The summed E-state index contributed by atoms with van der Waals surface area (Å²) in [7, 11) is -4.33. The van der Waals surface area contributed by atoms with E-state index in [2.05, 4.69) is 5.32 Å². The van der Waals surface area contributed by atoms with Crippen LogP contribution in [0, 0.1) is 5.92 Å². The largest absolute Gasteiger partial charge is 0.492 e. The van der Waals surface area contributed by atoms with Crippen molar-refractivity contribution in [2.24, 2.45) is 5.92 Å². The zero-order valence-corrected chi connectivity index (χ0v) is 28.9. The van der Waals surface area contributed by atoms with Crippen molar-refractivity contribution < 1.29 is 22.7 Å². The van der Waals surface area contributed by atoms with Gasteiger partial charge in [-0.1, -0.05) is 97.7 Å². The number of rotatable bonds is 15. The molecule has 0 saturated heterocycles. The van der Waals surface area contributed by atoms with Gasteiger partial charge in [0.25, 0.3) is 10.0 Å². The third-order valence-electron chi connectivity index (χ3n) is 7.37. The Bertz CT molecular complexity index is 1750. The van der Waals surface area contributed by atoms with Gasteiger partial charge in [-0.3, -0.25) is 13.9 Å². The highest BCUT2D eigenvalue weighted by atomic mass is 35.5. The summed E-state index contributed by atoms with van der Waals surface area (Å²) in [6, 6.07) is 27.8. The topological polar surface area (TPSA) is 96.0 Å². The van der Waals surface area contributed by atoms with Crippen LogP contribution in [0.2, 0.25) is 10.0 Å². The van der Waals surface area contributed by atoms with E-state index in [4.69, 9.17) is 27.9 Å². The van der Waals surface area contributed by atoms with E-state index in [0.29, 0.717) is 22.2 Å². The number of hydrogen-bond donors (Lipinski definition) is 1. The molecule has 1 atom stereocenters. The number of nitrogens with one attached hydrogen (secondary N) is 1. The predicted octanol–water partition coefficient (Wildman–Crippen LogP) is 7.00. The number of hydrogen-bond acceptors (Lipinski definition) is 5. The van der Waals surface area contributed by atoms with Crippen LogP contribution in [0.4, 0.5) is 5.69 Å². The molecule has 0 radical (unpaired) electrons. The van der Waals surface area contributed by atoms with Gasteiger partial charge in [0, 0.05) is 29.6 Å². The second-order valence-corrected chi connectivity index (χ2v) is 14.0. The quantitative estimate of drug-likeness (QED) is 0.145. The van der Waals surface area contributed by atoms with Crippen LogP contribution in [0.25, 0.3) is 0 Å². The van der Waals surface area contributed by atoms with Crippen LogP contribution in [0.3, 0.4) is 0 Å². The van der Waals surface area contributed by atoms with Crippen molar-refractivity contribution in [3.05, 3.63) is 124 Å². The van der Waals surface area contributed by atoms with Crippen molar-refractivity contribution in [2.45, 2.75) is 44.7 Å². The molecule has 0 heterocycles. The van der Waals surface area contributed by atoms with Crippen molar-refractivity contribution >= 4 is 50.7 Å². The molecule has 8 nitrogen and oxygen atoms in total. The molecule has 1 unspecified atom stereocenters. The first kappa shape index (κ1) is 35.8. The van der Waals surface area contributed by atoms with E-state index in [0.717, 1.165) is 9.87 Å². The highest BCUT2D eigenvalue weighted by Gasteiger charge is 2.35. The Balaban J connectivity index is 1.84. The van der Waals surface area contributed by atoms with Crippen molar-refractivity contribution in [1.82, 2.24) is 10.2 Å². The number of sulfonamides is 1. The molecule has 0 aliphatic carbocycles. The molecule has 2 amide bonds. The molecule has 4 rings (SSSR count). The third-order valence-corrected chi connectivity index (χ3v) is 9.76. The fourth-order valence-corrected chi connectivity index (χ4v) is 6.72. The van der Waals surface area contributed by atoms with Crippen LogP contribution < -0.4 is 14.4 Å². The molecule has 248 valence electrons. The summed E-state index contributed by atoms with van der Waals surface area (Å²) in [5.74, 6) is -0.508. The van der Waals surface area contributed by atoms with Crippen molar-refractivity contribution in [3.8, 4) is 5.75 Å². The first-order valence-corrected chi connectivity index (χ1v) is 17.6. The number of benzene rings is 4. The highest BCUT2D eigenvalue weighted by molar-refractivity contribution is 7.92. The molecule has 0 aliphatic rings. The lowest BCUT2D eigenvalue weighted by Gasteiger charge is -2.34. The zero-order valence-electron chi connectivity index (χ0n) is 26.6. The van der Waals surface area contributed by atoms with Gasteiger partial charge < -0.3 is 15.0 Å². The number of carbonyl (C=O) groups excluding carboxylic acids is 2. The second-order valence-electron chi connectivity index (χ2n) is 11.3. The van der Waals surface area contributed by atoms with Crippen molar-refractivity contribution in [1.29, 1.82) is 0 Å². The van der Waals surface area contributed by atoms with Gasteiger partial charge in [0.2, 0.25) is 11.8 Å². The summed E-state index contributed by atoms with van der Waals surface area (Å²) in [5.41, 5.74) is 1.62. The maximum atomic E-state index is 14.7. The van der Waals surface area contributed by atoms with Crippen LogP contribution in [0.15, 0.2) is 108 Å². The fraction of sp³-hybridized carbons (Fsp3) is 0.278. The number of halogens is 2. The average Bonchev–Trinajstić information content (AvgIpc) is 3.06. The van der Waals surface area contributed by atoms with Gasteiger partial charge in [0.15, 0.2) is 0 Å². The summed E-state index contributed by atoms with van der Waals surface area (Å²) in [6.07, 6.45) is 0.195. The van der Waals surface area contributed by atoms with E-state index in [1.807, 2.05) is 44.2 Å². The lowest BCUT2D eigenvalue weighted by molar-refractivity contribution is -0.140. The lowest BCUT2D eigenvalue weighted by Crippen LogP contribution is -2.53. The van der Waals surface area contributed by atoms with Gasteiger partial charge in [0.05, 0.1) is 17.2 Å². The third kappa shape index (κ3) is 9.50. The maximum absolute atomic E-state index is 14.7. The molecule has 0 aromatic heterocycles. The van der Waals surface area contributed by atoms with Gasteiger partial charge in [-0.15, -0.1) is 0 Å². The van der Waals surface area contributed by atoms with E-state index >= 15 is 0 Å². The lowest BCUT2D eigenvalue weighted by atomic mass is 10.0. The molecule has 0 saturated carbocycles. The molecule has 0 bridgehead atoms. The minimum atomic E-state index is -4.33. The Kier molecular flexibility index (Phi) is 12.7. The summed E-state index contributed by atoms with van der Waals surface area (Å²) < 4.78 is 35.4. The van der Waals surface area contributed by atoms with Crippen LogP contribution >= 0.6 is 23.2 Å². The smallest absolute Gasteiger partial charge is 0.264 e. The molecular formula is C36H39Cl2N3O5S. The number of ether oxygens (including phenoxy) is 1. The molecule has 0 aliphatic heterocycles. The van der Waals surface area contributed by atoms with Gasteiger partial charge in [-0.05, 0) is 66.4 Å². The van der Waals surface area contributed by atoms with Gasteiger partial charge in [0.1, 0.15) is 18.3 Å². The van der Waals surface area contributed by atoms with Crippen LogP contribution in [0.1, 0.15) is 31.9 Å². The van der Waals surface area contributed by atoms with Gasteiger partial charge >= 0.3 is 0 Å². The first-order chi connectivity index (χ1) is 22.5. The molecule has 1 N–H and O–H groups in total. The molecule has 47 heavy (non-hydrogen) atoms.